The maximum atomic E-state index is 11.3. The van der Waals surface area contributed by atoms with Crippen LogP contribution in [-0.2, 0) is 4.74 Å². The number of anilines is 1. The maximum Gasteiger partial charge on any atom is 0.343 e. The van der Waals surface area contributed by atoms with Gasteiger partial charge in [-0.1, -0.05) is 6.92 Å². The lowest BCUT2D eigenvalue weighted by atomic mass is 10.1. The number of rotatable bonds is 2. The molecule has 92 valence electrons. The maximum absolute atomic E-state index is 11.3. The molecule has 2 N–H and O–H groups in total. The van der Waals surface area contributed by atoms with Crippen LogP contribution in [0.3, 0.4) is 0 Å². The van der Waals surface area contributed by atoms with Gasteiger partial charge in [0.25, 0.3) is 0 Å². The first kappa shape index (κ1) is 11.8. The number of hydrogen-bond acceptors (Lipinski definition) is 5. The number of nitrogen functional groups attached to an aromatic ring is 1. The number of hydrogen-bond donors (Lipinski definition) is 1. The lowest BCUT2D eigenvalue weighted by Gasteiger charge is -2.10. The van der Waals surface area contributed by atoms with Crippen LogP contribution in [0, 0.1) is 5.92 Å². The number of carbonyl (C=O) groups excluding carboxylic acids is 1. The average molecular weight is 235 g/mol. The summed E-state index contributed by atoms with van der Waals surface area (Å²) >= 11 is 0. The SMILES string of the molecule is COC(=O)c1cnc(C2CCC(C)C2)nc1N. The van der Waals surface area contributed by atoms with Crippen LogP contribution in [0.5, 0.6) is 0 Å². The van der Waals surface area contributed by atoms with Gasteiger partial charge in [0.05, 0.1) is 7.11 Å². The normalized spacial score (nSPS) is 23.6. The monoisotopic (exact) mass is 235 g/mol. The molecule has 1 aliphatic carbocycles. The molecule has 0 aromatic carbocycles. The molecule has 1 aromatic rings. The predicted molar refractivity (Wildman–Crippen MR) is 63.5 cm³/mol. The van der Waals surface area contributed by atoms with Crippen LogP contribution < -0.4 is 5.73 Å². The zero-order chi connectivity index (χ0) is 12.4. The number of nitrogens with two attached hydrogens (primary N) is 1. The molecule has 2 unspecified atom stereocenters. The molecule has 5 nitrogen and oxygen atoms in total. The molecule has 0 aliphatic heterocycles. The van der Waals surface area contributed by atoms with Crippen molar-refractivity contribution in [3.05, 3.63) is 17.6 Å². The Morgan fingerprint density at radius 3 is 2.82 bits per heavy atom. The Morgan fingerprint density at radius 2 is 2.29 bits per heavy atom. The van der Waals surface area contributed by atoms with Crippen LogP contribution in [0.1, 0.15) is 48.3 Å². The van der Waals surface area contributed by atoms with Gasteiger partial charge in [-0.2, -0.15) is 0 Å². The van der Waals surface area contributed by atoms with Gasteiger partial charge >= 0.3 is 5.97 Å². The van der Waals surface area contributed by atoms with E-state index in [-0.39, 0.29) is 11.4 Å². The molecule has 1 aromatic heterocycles. The summed E-state index contributed by atoms with van der Waals surface area (Å²) < 4.78 is 4.60. The van der Waals surface area contributed by atoms with Crippen LogP contribution in [0.25, 0.3) is 0 Å². The van der Waals surface area contributed by atoms with Crippen molar-refractivity contribution < 1.29 is 9.53 Å². The van der Waals surface area contributed by atoms with E-state index < -0.39 is 5.97 Å². The van der Waals surface area contributed by atoms with Crippen molar-refractivity contribution in [3.63, 3.8) is 0 Å². The second-order valence-corrected chi connectivity index (χ2v) is 4.63. The summed E-state index contributed by atoms with van der Waals surface area (Å²) in [6.45, 7) is 2.23. The molecule has 2 rings (SSSR count). The van der Waals surface area contributed by atoms with Gasteiger partial charge in [-0.15, -0.1) is 0 Å². The zero-order valence-electron chi connectivity index (χ0n) is 10.1. The molecule has 1 heterocycles. The van der Waals surface area contributed by atoms with E-state index in [2.05, 4.69) is 21.6 Å². The van der Waals surface area contributed by atoms with Gasteiger partial charge in [0, 0.05) is 12.1 Å². The van der Waals surface area contributed by atoms with Gasteiger partial charge in [0.2, 0.25) is 0 Å². The standard InChI is InChI=1S/C12H17N3O2/c1-7-3-4-8(5-7)11-14-6-9(10(13)15-11)12(16)17-2/h6-8H,3-5H2,1-2H3,(H2,13,14,15). The highest BCUT2D eigenvalue weighted by molar-refractivity contribution is 5.93. The van der Waals surface area contributed by atoms with Crippen molar-refractivity contribution in [1.29, 1.82) is 0 Å². The van der Waals surface area contributed by atoms with Crippen LogP contribution in [-0.4, -0.2) is 23.0 Å². The Morgan fingerprint density at radius 1 is 1.53 bits per heavy atom. The number of methoxy groups -OCH3 is 1. The van der Waals surface area contributed by atoms with Crippen molar-refractivity contribution >= 4 is 11.8 Å². The topological polar surface area (TPSA) is 78.1 Å². The largest absolute Gasteiger partial charge is 0.465 e. The van der Waals surface area contributed by atoms with Crippen LogP contribution in [0.4, 0.5) is 5.82 Å². The molecule has 17 heavy (non-hydrogen) atoms. The van der Waals surface area contributed by atoms with Crippen molar-refractivity contribution in [1.82, 2.24) is 9.97 Å². The third kappa shape index (κ3) is 2.38. The zero-order valence-corrected chi connectivity index (χ0v) is 10.1. The van der Waals surface area contributed by atoms with Gasteiger partial charge in [-0.05, 0) is 25.2 Å². The minimum absolute atomic E-state index is 0.210. The number of carbonyl (C=O) groups is 1. The second kappa shape index (κ2) is 4.69. The summed E-state index contributed by atoms with van der Waals surface area (Å²) in [7, 11) is 1.31. The van der Waals surface area contributed by atoms with E-state index in [9.17, 15) is 4.79 Å². The quantitative estimate of drug-likeness (QED) is 0.790. The Balaban J connectivity index is 2.22. The van der Waals surface area contributed by atoms with Gasteiger partial charge < -0.3 is 10.5 Å². The lowest BCUT2D eigenvalue weighted by Crippen LogP contribution is -2.11. The fourth-order valence-electron chi connectivity index (χ4n) is 2.31. The van der Waals surface area contributed by atoms with E-state index in [0.29, 0.717) is 11.8 Å². The third-order valence-corrected chi connectivity index (χ3v) is 3.30. The van der Waals surface area contributed by atoms with Crippen molar-refractivity contribution in [2.24, 2.45) is 5.92 Å². The third-order valence-electron chi connectivity index (χ3n) is 3.30. The highest BCUT2D eigenvalue weighted by atomic mass is 16.5. The van der Waals surface area contributed by atoms with E-state index in [1.807, 2.05) is 0 Å². The summed E-state index contributed by atoms with van der Waals surface area (Å²) in [6, 6.07) is 0. The molecule has 2 atom stereocenters. The predicted octanol–water partition coefficient (Wildman–Crippen LogP) is 1.75. The van der Waals surface area contributed by atoms with Crippen molar-refractivity contribution in [2.75, 3.05) is 12.8 Å². The van der Waals surface area contributed by atoms with Gasteiger partial charge in [-0.25, -0.2) is 14.8 Å². The highest BCUT2D eigenvalue weighted by Crippen LogP contribution is 2.36. The smallest absolute Gasteiger partial charge is 0.343 e. The summed E-state index contributed by atoms with van der Waals surface area (Å²) in [6.07, 6.45) is 4.86. The molecule has 1 aliphatic rings. The average Bonchev–Trinajstić information content (AvgIpc) is 2.75. The Labute approximate surface area is 100 Å². The minimum atomic E-state index is -0.492. The second-order valence-electron chi connectivity index (χ2n) is 4.63. The minimum Gasteiger partial charge on any atom is -0.465 e. The van der Waals surface area contributed by atoms with E-state index in [0.717, 1.165) is 18.7 Å². The summed E-state index contributed by atoms with van der Waals surface area (Å²) in [5.41, 5.74) is 5.99. The van der Waals surface area contributed by atoms with E-state index in [1.54, 1.807) is 0 Å². The number of esters is 1. The first-order valence-electron chi connectivity index (χ1n) is 5.82. The molecule has 0 spiro atoms. The van der Waals surface area contributed by atoms with Crippen LogP contribution in [0.15, 0.2) is 6.20 Å². The molecular formula is C12H17N3O2. The highest BCUT2D eigenvalue weighted by Gasteiger charge is 2.26. The first-order valence-corrected chi connectivity index (χ1v) is 5.82. The van der Waals surface area contributed by atoms with Crippen molar-refractivity contribution in [2.45, 2.75) is 32.1 Å². The number of nitrogens with zero attached hydrogens (tertiary/aromatic N) is 2. The number of ether oxygens (including phenoxy) is 1. The molecule has 0 amide bonds. The van der Waals surface area contributed by atoms with Gasteiger partial charge in [0.1, 0.15) is 17.2 Å². The fraction of sp³-hybridized carbons (Fsp3) is 0.583. The van der Waals surface area contributed by atoms with Gasteiger partial charge in [-0.3, -0.25) is 0 Å². The fourth-order valence-corrected chi connectivity index (χ4v) is 2.31. The molecule has 1 fully saturated rings. The molecule has 1 saturated carbocycles. The molecule has 0 bridgehead atoms. The molecular weight excluding hydrogens is 218 g/mol. The van der Waals surface area contributed by atoms with E-state index >= 15 is 0 Å². The van der Waals surface area contributed by atoms with E-state index in [4.69, 9.17) is 5.73 Å². The first-order chi connectivity index (χ1) is 8.11. The Hall–Kier alpha value is -1.65. The summed E-state index contributed by atoms with van der Waals surface area (Å²) in [5.74, 6) is 1.55. The Kier molecular flexibility index (Phi) is 3.26. The summed E-state index contributed by atoms with van der Waals surface area (Å²) in [5, 5.41) is 0. The molecule has 5 heteroatoms. The van der Waals surface area contributed by atoms with Crippen LogP contribution >= 0.6 is 0 Å². The lowest BCUT2D eigenvalue weighted by molar-refractivity contribution is 0.0601. The molecule has 0 radical (unpaired) electrons. The van der Waals surface area contributed by atoms with Crippen LogP contribution in [0.2, 0.25) is 0 Å². The molecule has 0 saturated heterocycles. The Bertz CT molecular complexity index is 434. The number of aromatic nitrogens is 2. The van der Waals surface area contributed by atoms with Gasteiger partial charge in [0.15, 0.2) is 0 Å². The summed E-state index contributed by atoms with van der Waals surface area (Å²) in [4.78, 5) is 19.8. The van der Waals surface area contributed by atoms with E-state index in [1.165, 1.54) is 19.7 Å². The van der Waals surface area contributed by atoms with Crippen molar-refractivity contribution in [3.8, 4) is 0 Å².